The van der Waals surface area contributed by atoms with Gasteiger partial charge in [-0.15, -0.1) is 0 Å². The summed E-state index contributed by atoms with van der Waals surface area (Å²) in [5.74, 6) is 1.01. The van der Waals surface area contributed by atoms with E-state index in [1.54, 1.807) is 18.3 Å². The van der Waals surface area contributed by atoms with Crippen molar-refractivity contribution in [3.63, 3.8) is 0 Å². The first kappa shape index (κ1) is 15.3. The molecule has 110 valence electrons. The second-order valence-corrected chi connectivity index (χ2v) is 6.17. The summed E-state index contributed by atoms with van der Waals surface area (Å²) >= 11 is 3.56. The predicted octanol–water partition coefficient (Wildman–Crippen LogP) is 3.16. The van der Waals surface area contributed by atoms with Gasteiger partial charge in [0.1, 0.15) is 5.56 Å². The summed E-state index contributed by atoms with van der Waals surface area (Å²) in [4.78, 5) is 16.6. The highest BCUT2D eigenvalue weighted by atomic mass is 79.9. The lowest BCUT2D eigenvalue weighted by Gasteiger charge is -2.39. The van der Waals surface area contributed by atoms with Gasteiger partial charge in [0, 0.05) is 11.5 Å². The van der Waals surface area contributed by atoms with Gasteiger partial charge < -0.3 is 10.1 Å². The predicted molar refractivity (Wildman–Crippen MR) is 82.4 cm³/mol. The van der Waals surface area contributed by atoms with Crippen molar-refractivity contribution in [3.05, 3.63) is 23.9 Å². The first-order chi connectivity index (χ1) is 9.60. The Morgan fingerprint density at radius 3 is 2.85 bits per heavy atom. The van der Waals surface area contributed by atoms with Crippen molar-refractivity contribution < 1.29 is 9.53 Å². The average Bonchev–Trinajstić information content (AvgIpc) is 2.49. The Labute approximate surface area is 128 Å². The van der Waals surface area contributed by atoms with E-state index in [1.165, 1.54) is 7.11 Å². The number of alkyl halides is 1. The molecule has 1 aliphatic carbocycles. The maximum atomic E-state index is 12.5. The molecule has 1 aromatic heterocycles. The largest absolute Gasteiger partial charge is 0.480 e. The second kappa shape index (κ2) is 6.57. The van der Waals surface area contributed by atoms with Crippen LogP contribution in [-0.2, 0) is 0 Å². The molecule has 1 saturated carbocycles. The number of rotatable bonds is 4. The molecule has 1 amide bonds. The lowest BCUT2D eigenvalue weighted by molar-refractivity contribution is 0.0870. The van der Waals surface area contributed by atoms with Gasteiger partial charge in [0.25, 0.3) is 5.91 Å². The van der Waals surface area contributed by atoms with Crippen LogP contribution in [0.3, 0.4) is 0 Å². The molecule has 1 aromatic rings. The lowest BCUT2D eigenvalue weighted by atomic mass is 9.78. The minimum atomic E-state index is -0.148. The number of carbonyl (C=O) groups excluding carboxylic acids is 1. The van der Waals surface area contributed by atoms with Crippen LogP contribution in [0.1, 0.15) is 43.0 Å². The molecule has 0 aromatic carbocycles. The van der Waals surface area contributed by atoms with Crippen LogP contribution in [-0.4, -0.2) is 28.9 Å². The van der Waals surface area contributed by atoms with Gasteiger partial charge in [-0.2, -0.15) is 0 Å². The van der Waals surface area contributed by atoms with E-state index in [0.717, 1.165) is 36.9 Å². The molecule has 20 heavy (non-hydrogen) atoms. The van der Waals surface area contributed by atoms with Crippen LogP contribution in [0, 0.1) is 5.92 Å². The van der Waals surface area contributed by atoms with Crippen LogP contribution < -0.4 is 10.1 Å². The summed E-state index contributed by atoms with van der Waals surface area (Å²) in [6.07, 6.45) is 5.94. The van der Waals surface area contributed by atoms with Crippen molar-refractivity contribution in [2.45, 2.75) is 38.1 Å². The smallest absolute Gasteiger partial charge is 0.257 e. The molecular formula is C15H21BrN2O2. The summed E-state index contributed by atoms with van der Waals surface area (Å²) in [6, 6.07) is 3.50. The number of halogens is 1. The molecule has 0 spiro atoms. The molecule has 1 N–H and O–H groups in total. The van der Waals surface area contributed by atoms with E-state index in [1.807, 2.05) is 0 Å². The first-order valence-corrected chi connectivity index (χ1v) is 8.10. The molecule has 0 aliphatic heterocycles. The number of hydrogen-bond donors (Lipinski definition) is 1. The van der Waals surface area contributed by atoms with E-state index in [9.17, 15) is 4.79 Å². The van der Waals surface area contributed by atoms with E-state index in [0.29, 0.717) is 11.4 Å². The van der Waals surface area contributed by atoms with Crippen molar-refractivity contribution in [2.75, 3.05) is 12.4 Å². The zero-order chi connectivity index (χ0) is 14.6. The van der Waals surface area contributed by atoms with E-state index < -0.39 is 0 Å². The number of hydrogen-bond acceptors (Lipinski definition) is 3. The molecule has 1 heterocycles. The minimum absolute atomic E-state index is 0.107. The molecule has 5 heteroatoms. The number of ether oxygens (including phenoxy) is 1. The van der Waals surface area contributed by atoms with Crippen molar-refractivity contribution >= 4 is 21.8 Å². The lowest BCUT2D eigenvalue weighted by Crippen LogP contribution is -2.52. The first-order valence-electron chi connectivity index (χ1n) is 6.98. The zero-order valence-electron chi connectivity index (χ0n) is 12.0. The Kier molecular flexibility index (Phi) is 5.02. The van der Waals surface area contributed by atoms with Crippen LogP contribution in [0.5, 0.6) is 5.88 Å². The van der Waals surface area contributed by atoms with Gasteiger partial charge in [-0.05, 0) is 43.7 Å². The number of methoxy groups -OCH3 is 1. The number of carbonyl (C=O) groups is 1. The van der Waals surface area contributed by atoms with Crippen molar-refractivity contribution in [1.29, 1.82) is 0 Å². The molecule has 0 bridgehead atoms. The molecule has 0 saturated heterocycles. The summed E-state index contributed by atoms with van der Waals surface area (Å²) in [5, 5.41) is 3.97. The molecule has 0 radical (unpaired) electrons. The highest BCUT2D eigenvalue weighted by Crippen LogP contribution is 2.33. The maximum absolute atomic E-state index is 12.5. The molecule has 0 atom stereocenters. The monoisotopic (exact) mass is 340 g/mol. The Bertz CT molecular complexity index is 471. The summed E-state index contributed by atoms with van der Waals surface area (Å²) in [6.45, 7) is 2.27. The van der Waals surface area contributed by atoms with Gasteiger partial charge in [-0.1, -0.05) is 22.9 Å². The standard InChI is InChI=1S/C15H21BrN2O2/c1-11-5-7-15(10-16,8-6-11)18-13(19)12-4-3-9-17-14(12)20-2/h3-4,9,11H,5-8,10H2,1-2H3,(H,18,19). The second-order valence-electron chi connectivity index (χ2n) is 5.61. The summed E-state index contributed by atoms with van der Waals surface area (Å²) in [5.41, 5.74) is 0.346. The molecule has 2 rings (SSSR count). The fourth-order valence-electron chi connectivity index (χ4n) is 2.64. The van der Waals surface area contributed by atoms with Gasteiger partial charge in [0.05, 0.1) is 12.6 Å². The minimum Gasteiger partial charge on any atom is -0.480 e. The van der Waals surface area contributed by atoms with Crippen molar-refractivity contribution in [3.8, 4) is 5.88 Å². The SMILES string of the molecule is COc1ncccc1C(=O)NC1(CBr)CCC(C)CC1. The molecule has 0 unspecified atom stereocenters. The Balaban J connectivity index is 2.13. The van der Waals surface area contributed by atoms with Crippen LogP contribution in [0.2, 0.25) is 0 Å². The van der Waals surface area contributed by atoms with Crippen LogP contribution in [0.25, 0.3) is 0 Å². The van der Waals surface area contributed by atoms with Gasteiger partial charge in [0.15, 0.2) is 0 Å². The Morgan fingerprint density at radius 2 is 2.25 bits per heavy atom. The number of aromatic nitrogens is 1. The fraction of sp³-hybridized carbons (Fsp3) is 0.600. The maximum Gasteiger partial charge on any atom is 0.257 e. The number of nitrogens with zero attached hydrogens (tertiary/aromatic N) is 1. The molecule has 1 fully saturated rings. The highest BCUT2D eigenvalue weighted by Gasteiger charge is 2.35. The van der Waals surface area contributed by atoms with Crippen LogP contribution >= 0.6 is 15.9 Å². The Hall–Kier alpha value is -1.10. The van der Waals surface area contributed by atoms with Crippen molar-refractivity contribution in [2.24, 2.45) is 5.92 Å². The normalized spacial score (nSPS) is 26.1. The topological polar surface area (TPSA) is 51.2 Å². The van der Waals surface area contributed by atoms with Crippen molar-refractivity contribution in [1.82, 2.24) is 10.3 Å². The molecule has 1 aliphatic rings. The summed E-state index contributed by atoms with van der Waals surface area (Å²) in [7, 11) is 1.53. The highest BCUT2D eigenvalue weighted by molar-refractivity contribution is 9.09. The quantitative estimate of drug-likeness (QED) is 0.856. The fourth-order valence-corrected chi connectivity index (χ4v) is 3.34. The zero-order valence-corrected chi connectivity index (χ0v) is 13.6. The van der Waals surface area contributed by atoms with Gasteiger partial charge in [0.2, 0.25) is 5.88 Å². The molecule has 4 nitrogen and oxygen atoms in total. The third kappa shape index (κ3) is 3.32. The van der Waals surface area contributed by atoms with E-state index >= 15 is 0 Å². The van der Waals surface area contributed by atoms with E-state index in [2.05, 4.69) is 33.2 Å². The number of pyridine rings is 1. The average molecular weight is 341 g/mol. The Morgan fingerprint density at radius 1 is 1.55 bits per heavy atom. The van der Waals surface area contributed by atoms with Crippen LogP contribution in [0.4, 0.5) is 0 Å². The number of amides is 1. The van der Waals surface area contributed by atoms with Gasteiger partial charge in [-0.3, -0.25) is 4.79 Å². The third-order valence-corrected chi connectivity index (χ3v) is 5.15. The van der Waals surface area contributed by atoms with Gasteiger partial charge in [-0.25, -0.2) is 4.98 Å². The van der Waals surface area contributed by atoms with Gasteiger partial charge >= 0.3 is 0 Å². The van der Waals surface area contributed by atoms with E-state index in [-0.39, 0.29) is 11.4 Å². The number of nitrogens with one attached hydrogen (secondary N) is 1. The molecular weight excluding hydrogens is 320 g/mol. The third-order valence-electron chi connectivity index (χ3n) is 4.08. The van der Waals surface area contributed by atoms with E-state index in [4.69, 9.17) is 4.74 Å². The van der Waals surface area contributed by atoms with Crippen LogP contribution in [0.15, 0.2) is 18.3 Å². The summed E-state index contributed by atoms with van der Waals surface area (Å²) < 4.78 is 5.16.